The average Bonchev–Trinajstić information content (AvgIpc) is 3.23. The molecule has 4 rings (SSSR count). The van der Waals surface area contributed by atoms with Gasteiger partial charge in [0.15, 0.2) is 0 Å². The Labute approximate surface area is 156 Å². The molecule has 3 fully saturated rings. The van der Waals surface area contributed by atoms with Crippen LogP contribution in [0.4, 0.5) is 5.82 Å². The summed E-state index contributed by atoms with van der Waals surface area (Å²) in [6, 6.07) is 0.609. The normalized spacial score (nSPS) is 25.7. The fraction of sp³-hybridized carbons (Fsp3) is 0.750. The molecular formula is C20H31N5O. The van der Waals surface area contributed by atoms with E-state index in [4.69, 9.17) is 0 Å². The Morgan fingerprint density at radius 1 is 0.962 bits per heavy atom. The molecular weight excluding hydrogens is 326 g/mol. The number of carbonyl (C=O) groups excluding carboxylic acids is 1. The number of amides is 1. The second kappa shape index (κ2) is 7.91. The first-order valence-electron chi connectivity index (χ1n) is 10.3. The third-order valence-electron chi connectivity index (χ3n) is 6.36. The van der Waals surface area contributed by atoms with E-state index in [1.165, 1.54) is 12.8 Å². The molecule has 0 saturated carbocycles. The average molecular weight is 358 g/mol. The molecule has 3 aliphatic rings. The van der Waals surface area contributed by atoms with Crippen LogP contribution in [0, 0.1) is 12.8 Å². The van der Waals surface area contributed by atoms with E-state index in [-0.39, 0.29) is 5.92 Å². The number of likely N-dealkylation sites (tertiary alicyclic amines) is 2. The Kier molecular flexibility index (Phi) is 5.38. The molecule has 0 aromatic carbocycles. The molecule has 1 aromatic heterocycles. The fourth-order valence-electron chi connectivity index (χ4n) is 4.89. The van der Waals surface area contributed by atoms with Crippen LogP contribution in [0.1, 0.15) is 44.2 Å². The highest BCUT2D eigenvalue weighted by Gasteiger charge is 2.34. The minimum absolute atomic E-state index is 0.224. The van der Waals surface area contributed by atoms with E-state index in [9.17, 15) is 4.79 Å². The highest BCUT2D eigenvalue weighted by atomic mass is 16.2. The van der Waals surface area contributed by atoms with Gasteiger partial charge in [0, 0.05) is 51.2 Å². The summed E-state index contributed by atoms with van der Waals surface area (Å²) in [6.45, 7) is 8.17. The highest BCUT2D eigenvalue weighted by molar-refractivity contribution is 5.79. The molecule has 142 valence electrons. The summed E-state index contributed by atoms with van der Waals surface area (Å²) in [7, 11) is 0. The molecule has 1 aromatic rings. The molecule has 3 aliphatic heterocycles. The quantitative estimate of drug-likeness (QED) is 0.829. The van der Waals surface area contributed by atoms with Gasteiger partial charge in [0.05, 0.1) is 11.6 Å². The summed E-state index contributed by atoms with van der Waals surface area (Å²) in [4.78, 5) is 28.7. The number of aromatic nitrogens is 2. The molecule has 1 amide bonds. The second-order valence-electron chi connectivity index (χ2n) is 8.05. The van der Waals surface area contributed by atoms with Gasteiger partial charge in [0.25, 0.3) is 0 Å². The smallest absolute Gasteiger partial charge is 0.226 e. The van der Waals surface area contributed by atoms with Crippen LogP contribution in [0.3, 0.4) is 0 Å². The number of hydrogen-bond acceptors (Lipinski definition) is 5. The zero-order valence-corrected chi connectivity index (χ0v) is 15.9. The van der Waals surface area contributed by atoms with Crippen molar-refractivity contribution in [3.8, 4) is 0 Å². The Morgan fingerprint density at radius 3 is 2.42 bits per heavy atom. The number of hydrogen-bond donors (Lipinski definition) is 0. The first kappa shape index (κ1) is 17.7. The number of aryl methyl sites for hydroxylation is 1. The van der Waals surface area contributed by atoms with Crippen LogP contribution in [0.2, 0.25) is 0 Å². The van der Waals surface area contributed by atoms with Crippen LogP contribution in [0.5, 0.6) is 0 Å². The summed E-state index contributed by atoms with van der Waals surface area (Å²) in [6.07, 6.45) is 10.5. The van der Waals surface area contributed by atoms with Gasteiger partial charge in [-0.1, -0.05) is 0 Å². The predicted octanol–water partition coefficient (Wildman–Crippen LogP) is 2.09. The third kappa shape index (κ3) is 3.70. The van der Waals surface area contributed by atoms with Crippen molar-refractivity contribution in [1.29, 1.82) is 0 Å². The molecule has 0 bridgehead atoms. The number of piperidine rings is 2. The molecule has 1 atom stereocenters. The maximum Gasteiger partial charge on any atom is 0.226 e. The Balaban J connectivity index is 1.32. The van der Waals surface area contributed by atoms with Crippen molar-refractivity contribution in [1.82, 2.24) is 19.8 Å². The highest BCUT2D eigenvalue weighted by Crippen LogP contribution is 2.27. The maximum absolute atomic E-state index is 12.8. The van der Waals surface area contributed by atoms with Gasteiger partial charge >= 0.3 is 0 Å². The zero-order chi connectivity index (χ0) is 17.9. The SMILES string of the molecule is Cc1nccnc1N1CCC(N2CCC[C@@H](C(=O)N3CCCC3)C2)CC1. The van der Waals surface area contributed by atoms with E-state index in [2.05, 4.69) is 24.7 Å². The van der Waals surface area contributed by atoms with Gasteiger partial charge in [-0.05, 0) is 52.0 Å². The van der Waals surface area contributed by atoms with Crippen molar-refractivity contribution in [3.05, 3.63) is 18.1 Å². The largest absolute Gasteiger partial charge is 0.355 e. The standard InChI is InChI=1S/C20H31N5O/c1-16-19(22-9-8-21-16)23-13-6-18(7-14-23)25-12-4-5-17(15-25)20(26)24-10-2-3-11-24/h8-9,17-18H,2-7,10-15H2,1H3/t17-/m1/s1. The Bertz CT molecular complexity index is 622. The van der Waals surface area contributed by atoms with Crippen molar-refractivity contribution in [3.63, 3.8) is 0 Å². The number of carbonyl (C=O) groups is 1. The molecule has 0 N–H and O–H groups in total. The van der Waals surface area contributed by atoms with E-state index in [0.717, 1.165) is 76.5 Å². The van der Waals surface area contributed by atoms with Gasteiger partial charge in [0.1, 0.15) is 5.82 Å². The molecule has 6 heteroatoms. The van der Waals surface area contributed by atoms with E-state index >= 15 is 0 Å². The Hall–Kier alpha value is -1.69. The fourth-order valence-corrected chi connectivity index (χ4v) is 4.89. The van der Waals surface area contributed by atoms with Crippen LogP contribution in [-0.4, -0.2) is 71.0 Å². The lowest BCUT2D eigenvalue weighted by Gasteiger charge is -2.42. The molecule has 6 nitrogen and oxygen atoms in total. The van der Waals surface area contributed by atoms with Crippen LogP contribution < -0.4 is 4.90 Å². The van der Waals surface area contributed by atoms with Gasteiger partial charge < -0.3 is 9.80 Å². The number of nitrogens with zero attached hydrogens (tertiary/aromatic N) is 5. The van der Waals surface area contributed by atoms with Crippen LogP contribution in [0.15, 0.2) is 12.4 Å². The lowest BCUT2D eigenvalue weighted by atomic mass is 9.93. The summed E-state index contributed by atoms with van der Waals surface area (Å²) in [5.74, 6) is 1.67. The van der Waals surface area contributed by atoms with Gasteiger partial charge in [-0.15, -0.1) is 0 Å². The lowest BCUT2D eigenvalue weighted by molar-refractivity contribution is -0.136. The lowest BCUT2D eigenvalue weighted by Crippen LogP contribution is -2.51. The van der Waals surface area contributed by atoms with E-state index in [1.807, 2.05) is 6.92 Å². The molecule has 26 heavy (non-hydrogen) atoms. The van der Waals surface area contributed by atoms with Gasteiger partial charge in [-0.3, -0.25) is 14.7 Å². The van der Waals surface area contributed by atoms with Crippen molar-refractivity contribution in [2.45, 2.75) is 51.5 Å². The first-order chi connectivity index (χ1) is 12.7. The molecule has 0 aliphatic carbocycles. The van der Waals surface area contributed by atoms with Gasteiger partial charge in [0.2, 0.25) is 5.91 Å². The summed E-state index contributed by atoms with van der Waals surface area (Å²) in [5, 5.41) is 0. The van der Waals surface area contributed by atoms with Crippen molar-refractivity contribution < 1.29 is 4.79 Å². The molecule has 0 unspecified atom stereocenters. The third-order valence-corrected chi connectivity index (χ3v) is 6.36. The number of anilines is 1. The van der Waals surface area contributed by atoms with Crippen LogP contribution in [0.25, 0.3) is 0 Å². The minimum Gasteiger partial charge on any atom is -0.355 e. The van der Waals surface area contributed by atoms with Gasteiger partial charge in [-0.2, -0.15) is 0 Å². The first-order valence-corrected chi connectivity index (χ1v) is 10.3. The molecule has 0 spiro atoms. The van der Waals surface area contributed by atoms with Crippen molar-refractivity contribution in [2.75, 3.05) is 44.2 Å². The van der Waals surface area contributed by atoms with Crippen LogP contribution >= 0.6 is 0 Å². The minimum atomic E-state index is 0.224. The Morgan fingerprint density at radius 2 is 1.69 bits per heavy atom. The van der Waals surface area contributed by atoms with E-state index in [0.29, 0.717) is 11.9 Å². The van der Waals surface area contributed by atoms with Gasteiger partial charge in [-0.25, -0.2) is 4.98 Å². The topological polar surface area (TPSA) is 52.6 Å². The number of rotatable bonds is 3. The molecule has 4 heterocycles. The van der Waals surface area contributed by atoms with Crippen LogP contribution in [-0.2, 0) is 4.79 Å². The second-order valence-corrected chi connectivity index (χ2v) is 8.05. The molecule has 0 radical (unpaired) electrons. The zero-order valence-electron chi connectivity index (χ0n) is 15.9. The summed E-state index contributed by atoms with van der Waals surface area (Å²) < 4.78 is 0. The van der Waals surface area contributed by atoms with E-state index < -0.39 is 0 Å². The monoisotopic (exact) mass is 357 g/mol. The summed E-state index contributed by atoms with van der Waals surface area (Å²) >= 11 is 0. The van der Waals surface area contributed by atoms with Crippen molar-refractivity contribution in [2.24, 2.45) is 5.92 Å². The van der Waals surface area contributed by atoms with Crippen molar-refractivity contribution >= 4 is 11.7 Å². The van der Waals surface area contributed by atoms with E-state index in [1.54, 1.807) is 12.4 Å². The molecule has 3 saturated heterocycles. The maximum atomic E-state index is 12.8. The summed E-state index contributed by atoms with van der Waals surface area (Å²) in [5.41, 5.74) is 1.01. The predicted molar refractivity (Wildman–Crippen MR) is 102 cm³/mol.